The molecule has 0 aliphatic carbocycles. The third-order valence-corrected chi connectivity index (χ3v) is 4.06. The van der Waals surface area contributed by atoms with Gasteiger partial charge in [-0.15, -0.1) is 0 Å². The van der Waals surface area contributed by atoms with Gasteiger partial charge in [-0.25, -0.2) is 9.97 Å². The van der Waals surface area contributed by atoms with E-state index in [9.17, 15) is 10.1 Å². The number of hydrogen-bond acceptors (Lipinski definition) is 8. The summed E-state index contributed by atoms with van der Waals surface area (Å²) in [6, 6.07) is 12.5. The summed E-state index contributed by atoms with van der Waals surface area (Å²) in [4.78, 5) is 19.3. The maximum atomic E-state index is 11.8. The molecule has 1 aromatic heterocycles. The molecule has 0 atom stereocenters. The molecule has 144 valence electrons. The van der Waals surface area contributed by atoms with Gasteiger partial charge in [-0.2, -0.15) is 0 Å². The SMILES string of the molecule is COc1ccc(Nc2ncnc(Nc3ccccc3C)c2[N+](=O)[O-])c(OC)c1. The number of aromatic nitrogens is 2. The third-order valence-electron chi connectivity index (χ3n) is 4.06. The highest BCUT2D eigenvalue weighted by atomic mass is 16.6. The fourth-order valence-corrected chi connectivity index (χ4v) is 2.60. The van der Waals surface area contributed by atoms with E-state index in [1.54, 1.807) is 25.3 Å². The molecule has 0 bridgehead atoms. The molecule has 0 aliphatic heterocycles. The van der Waals surface area contributed by atoms with Crippen LogP contribution in [0.25, 0.3) is 0 Å². The van der Waals surface area contributed by atoms with Crippen LogP contribution in [0.3, 0.4) is 0 Å². The zero-order valence-electron chi connectivity index (χ0n) is 15.6. The Balaban J connectivity index is 2.01. The van der Waals surface area contributed by atoms with Gasteiger partial charge in [0, 0.05) is 11.8 Å². The summed E-state index contributed by atoms with van der Waals surface area (Å²) in [5, 5.41) is 17.7. The number of benzene rings is 2. The lowest BCUT2D eigenvalue weighted by Crippen LogP contribution is -2.06. The van der Waals surface area contributed by atoms with Crippen molar-refractivity contribution in [2.45, 2.75) is 6.92 Å². The maximum Gasteiger partial charge on any atom is 0.353 e. The van der Waals surface area contributed by atoms with E-state index in [4.69, 9.17) is 9.47 Å². The number of nitrogens with one attached hydrogen (secondary N) is 2. The topological polar surface area (TPSA) is 111 Å². The van der Waals surface area contributed by atoms with Gasteiger partial charge < -0.3 is 20.1 Å². The maximum absolute atomic E-state index is 11.8. The number of anilines is 4. The standard InChI is InChI=1S/C19H19N5O4/c1-12-6-4-5-7-14(12)22-18-17(24(25)26)19(21-11-20-18)23-15-9-8-13(27-2)10-16(15)28-3/h4-11H,1-3H3,(H2,20,21,22,23). The Bertz CT molecular complexity index is 1010. The molecule has 2 N–H and O–H groups in total. The molecule has 0 fully saturated rings. The highest BCUT2D eigenvalue weighted by Gasteiger charge is 2.24. The first kappa shape index (κ1) is 18.9. The molecule has 2 aromatic carbocycles. The normalized spacial score (nSPS) is 10.2. The van der Waals surface area contributed by atoms with Gasteiger partial charge in [0.05, 0.1) is 24.8 Å². The Kier molecular flexibility index (Phi) is 5.54. The van der Waals surface area contributed by atoms with Crippen LogP contribution in [0.1, 0.15) is 5.56 Å². The van der Waals surface area contributed by atoms with Crippen molar-refractivity contribution in [1.82, 2.24) is 9.97 Å². The van der Waals surface area contributed by atoms with Crippen LogP contribution in [-0.4, -0.2) is 29.1 Å². The fraction of sp³-hybridized carbons (Fsp3) is 0.158. The van der Waals surface area contributed by atoms with Crippen molar-refractivity contribution in [2.75, 3.05) is 24.9 Å². The van der Waals surface area contributed by atoms with E-state index < -0.39 is 4.92 Å². The van der Waals surface area contributed by atoms with Crippen molar-refractivity contribution < 1.29 is 14.4 Å². The molecule has 0 saturated carbocycles. The molecule has 0 unspecified atom stereocenters. The van der Waals surface area contributed by atoms with Crippen LogP contribution < -0.4 is 20.1 Å². The molecular weight excluding hydrogens is 362 g/mol. The summed E-state index contributed by atoms with van der Waals surface area (Å²) in [5.41, 5.74) is 1.88. The Labute approximate surface area is 161 Å². The Hall–Kier alpha value is -3.88. The number of para-hydroxylation sites is 1. The molecule has 0 radical (unpaired) electrons. The van der Waals surface area contributed by atoms with Crippen molar-refractivity contribution in [1.29, 1.82) is 0 Å². The third kappa shape index (κ3) is 3.93. The summed E-state index contributed by atoms with van der Waals surface area (Å²) in [6.45, 7) is 1.90. The van der Waals surface area contributed by atoms with Gasteiger partial charge >= 0.3 is 5.69 Å². The predicted octanol–water partition coefficient (Wildman–Crippen LogP) is 4.20. The molecule has 0 saturated heterocycles. The van der Waals surface area contributed by atoms with Crippen LogP contribution in [-0.2, 0) is 0 Å². The van der Waals surface area contributed by atoms with Crippen LogP contribution >= 0.6 is 0 Å². The highest BCUT2D eigenvalue weighted by molar-refractivity contribution is 5.79. The van der Waals surface area contributed by atoms with Crippen molar-refractivity contribution >= 4 is 28.7 Å². The lowest BCUT2D eigenvalue weighted by molar-refractivity contribution is -0.383. The second-order valence-electron chi connectivity index (χ2n) is 5.81. The smallest absolute Gasteiger partial charge is 0.353 e. The number of nitrogens with zero attached hydrogens (tertiary/aromatic N) is 3. The Morgan fingerprint density at radius 2 is 1.64 bits per heavy atom. The van der Waals surface area contributed by atoms with E-state index in [2.05, 4.69) is 20.6 Å². The van der Waals surface area contributed by atoms with Crippen molar-refractivity contribution in [3.05, 3.63) is 64.5 Å². The first-order chi connectivity index (χ1) is 13.5. The Morgan fingerprint density at radius 3 is 2.25 bits per heavy atom. The second kappa shape index (κ2) is 8.21. The minimum absolute atomic E-state index is 0.0413. The number of aryl methyl sites for hydroxylation is 1. The summed E-state index contributed by atoms with van der Waals surface area (Å²) in [7, 11) is 3.04. The molecular formula is C19H19N5O4. The monoisotopic (exact) mass is 381 g/mol. The molecule has 0 aliphatic rings. The summed E-state index contributed by atoms with van der Waals surface area (Å²) in [6.07, 6.45) is 1.26. The minimum atomic E-state index is -0.529. The zero-order valence-corrected chi connectivity index (χ0v) is 15.6. The summed E-state index contributed by atoms with van der Waals surface area (Å²) < 4.78 is 10.5. The molecule has 28 heavy (non-hydrogen) atoms. The number of methoxy groups -OCH3 is 2. The van der Waals surface area contributed by atoms with E-state index in [1.807, 2.05) is 31.2 Å². The molecule has 0 spiro atoms. The number of hydrogen-bond donors (Lipinski definition) is 2. The van der Waals surface area contributed by atoms with Gasteiger partial charge in [-0.1, -0.05) is 18.2 Å². The van der Waals surface area contributed by atoms with Crippen LogP contribution in [0.5, 0.6) is 11.5 Å². The molecule has 1 heterocycles. The molecule has 3 aromatic rings. The van der Waals surface area contributed by atoms with Crippen LogP contribution in [0.2, 0.25) is 0 Å². The largest absolute Gasteiger partial charge is 0.497 e. The summed E-state index contributed by atoms with van der Waals surface area (Å²) >= 11 is 0. The van der Waals surface area contributed by atoms with E-state index in [-0.39, 0.29) is 17.3 Å². The summed E-state index contributed by atoms with van der Waals surface area (Å²) in [5.74, 6) is 1.19. The Morgan fingerprint density at radius 1 is 0.964 bits per heavy atom. The van der Waals surface area contributed by atoms with Crippen molar-refractivity contribution in [2.24, 2.45) is 0 Å². The van der Waals surface area contributed by atoms with Crippen molar-refractivity contribution in [3.63, 3.8) is 0 Å². The quantitative estimate of drug-likeness (QED) is 0.463. The molecule has 0 amide bonds. The van der Waals surface area contributed by atoms with Gasteiger partial charge in [-0.3, -0.25) is 10.1 Å². The zero-order chi connectivity index (χ0) is 20.1. The molecule has 9 heteroatoms. The molecule has 9 nitrogen and oxygen atoms in total. The van der Waals surface area contributed by atoms with E-state index in [0.29, 0.717) is 17.2 Å². The van der Waals surface area contributed by atoms with Crippen LogP contribution in [0.4, 0.5) is 28.7 Å². The number of nitro groups is 1. The average Bonchev–Trinajstić information content (AvgIpc) is 2.70. The van der Waals surface area contributed by atoms with Gasteiger partial charge in [0.15, 0.2) is 0 Å². The predicted molar refractivity (Wildman–Crippen MR) is 106 cm³/mol. The average molecular weight is 381 g/mol. The first-order valence-corrected chi connectivity index (χ1v) is 8.34. The van der Waals surface area contributed by atoms with E-state index >= 15 is 0 Å². The molecule has 3 rings (SSSR count). The fourth-order valence-electron chi connectivity index (χ4n) is 2.60. The van der Waals surface area contributed by atoms with Crippen LogP contribution in [0.15, 0.2) is 48.8 Å². The highest BCUT2D eigenvalue weighted by Crippen LogP contribution is 2.37. The lowest BCUT2D eigenvalue weighted by atomic mass is 10.2. The van der Waals surface area contributed by atoms with Gasteiger partial charge in [-0.05, 0) is 30.7 Å². The van der Waals surface area contributed by atoms with Crippen molar-refractivity contribution in [3.8, 4) is 11.5 Å². The van der Waals surface area contributed by atoms with Gasteiger partial charge in [0.1, 0.15) is 17.8 Å². The van der Waals surface area contributed by atoms with Gasteiger partial charge in [0.2, 0.25) is 11.6 Å². The minimum Gasteiger partial charge on any atom is -0.497 e. The van der Waals surface area contributed by atoms with E-state index in [1.165, 1.54) is 13.4 Å². The van der Waals surface area contributed by atoms with E-state index in [0.717, 1.165) is 11.3 Å². The first-order valence-electron chi connectivity index (χ1n) is 8.34. The second-order valence-corrected chi connectivity index (χ2v) is 5.81. The van der Waals surface area contributed by atoms with Gasteiger partial charge in [0.25, 0.3) is 0 Å². The number of rotatable bonds is 7. The lowest BCUT2D eigenvalue weighted by Gasteiger charge is -2.14. The number of ether oxygens (including phenoxy) is 2. The van der Waals surface area contributed by atoms with Crippen LogP contribution in [0, 0.1) is 17.0 Å².